The van der Waals surface area contributed by atoms with Crippen LogP contribution in [0.5, 0.6) is 5.75 Å². The zero-order valence-electron chi connectivity index (χ0n) is 15.0. The molecule has 0 spiro atoms. The molecular formula is C21H16FN3O2S. The van der Waals surface area contributed by atoms with Crippen LogP contribution in [-0.4, -0.2) is 23.0 Å². The number of carbonyl (C=O) groups excluding carboxylic acids is 1. The number of halogens is 1. The molecule has 0 aliphatic rings. The van der Waals surface area contributed by atoms with Crippen LogP contribution in [0.25, 0.3) is 10.2 Å². The molecule has 0 atom stereocenters. The minimum Gasteiger partial charge on any atom is -0.497 e. The van der Waals surface area contributed by atoms with E-state index >= 15 is 0 Å². The Morgan fingerprint density at radius 3 is 2.71 bits per heavy atom. The van der Waals surface area contributed by atoms with Crippen LogP contribution in [0, 0.1) is 5.82 Å². The summed E-state index contributed by atoms with van der Waals surface area (Å²) in [6.07, 6.45) is 3.39. The number of anilines is 1. The first-order valence-corrected chi connectivity index (χ1v) is 9.36. The lowest BCUT2D eigenvalue weighted by atomic mass is 10.2. The Labute approximate surface area is 165 Å². The summed E-state index contributed by atoms with van der Waals surface area (Å²) in [7, 11) is 1.61. The molecule has 2 heterocycles. The third-order valence-electron chi connectivity index (χ3n) is 4.22. The summed E-state index contributed by atoms with van der Waals surface area (Å²) in [5.74, 6) is 0.0867. The van der Waals surface area contributed by atoms with E-state index in [9.17, 15) is 9.18 Å². The van der Waals surface area contributed by atoms with Gasteiger partial charge in [-0.2, -0.15) is 0 Å². The molecule has 2 aromatic carbocycles. The van der Waals surface area contributed by atoms with Crippen molar-refractivity contribution in [1.82, 2.24) is 9.97 Å². The van der Waals surface area contributed by atoms with Gasteiger partial charge in [0, 0.05) is 18.0 Å². The number of fused-ring (bicyclic) bond motifs is 1. The standard InChI is InChI=1S/C21H16FN3O2S/c1-27-17-8-9-18-19(11-17)28-21(24-18)25(13-14-3-2-10-23-12-14)20(26)15-4-6-16(22)7-5-15/h2-12H,13H2,1H3. The van der Waals surface area contributed by atoms with E-state index in [0.717, 1.165) is 21.5 Å². The predicted molar refractivity (Wildman–Crippen MR) is 107 cm³/mol. The molecule has 0 radical (unpaired) electrons. The van der Waals surface area contributed by atoms with Crippen LogP contribution in [0.1, 0.15) is 15.9 Å². The van der Waals surface area contributed by atoms with Crippen LogP contribution in [0.4, 0.5) is 9.52 Å². The van der Waals surface area contributed by atoms with Gasteiger partial charge < -0.3 is 4.74 Å². The lowest BCUT2D eigenvalue weighted by molar-refractivity contribution is 0.0985. The fourth-order valence-electron chi connectivity index (χ4n) is 2.78. The molecule has 28 heavy (non-hydrogen) atoms. The molecule has 0 fully saturated rings. The molecule has 2 aromatic heterocycles. The molecule has 0 unspecified atom stereocenters. The Balaban J connectivity index is 1.75. The van der Waals surface area contributed by atoms with Crippen molar-refractivity contribution < 1.29 is 13.9 Å². The number of benzene rings is 2. The van der Waals surface area contributed by atoms with Crippen LogP contribution >= 0.6 is 11.3 Å². The maximum Gasteiger partial charge on any atom is 0.260 e. The number of hydrogen-bond donors (Lipinski definition) is 0. The van der Waals surface area contributed by atoms with E-state index in [2.05, 4.69) is 9.97 Å². The summed E-state index contributed by atoms with van der Waals surface area (Å²) in [5.41, 5.74) is 2.04. The van der Waals surface area contributed by atoms with Gasteiger partial charge in [-0.1, -0.05) is 17.4 Å². The Kier molecular flexibility index (Phi) is 4.99. The smallest absolute Gasteiger partial charge is 0.260 e. The van der Waals surface area contributed by atoms with E-state index in [1.807, 2.05) is 30.3 Å². The van der Waals surface area contributed by atoms with Gasteiger partial charge >= 0.3 is 0 Å². The first kappa shape index (κ1) is 18.1. The number of pyridine rings is 1. The van der Waals surface area contributed by atoms with Gasteiger partial charge in [0.2, 0.25) is 0 Å². The number of ether oxygens (including phenoxy) is 1. The monoisotopic (exact) mass is 393 g/mol. The molecular weight excluding hydrogens is 377 g/mol. The molecule has 4 rings (SSSR count). The van der Waals surface area contributed by atoms with E-state index in [0.29, 0.717) is 17.2 Å². The molecule has 0 saturated heterocycles. The SMILES string of the molecule is COc1ccc2nc(N(Cc3cccnc3)C(=O)c3ccc(F)cc3)sc2c1. The molecule has 0 bridgehead atoms. The Morgan fingerprint density at radius 2 is 2.00 bits per heavy atom. The Bertz CT molecular complexity index is 1110. The number of aromatic nitrogens is 2. The molecule has 0 aliphatic carbocycles. The van der Waals surface area contributed by atoms with Gasteiger partial charge in [-0.15, -0.1) is 0 Å². The Morgan fingerprint density at radius 1 is 1.18 bits per heavy atom. The van der Waals surface area contributed by atoms with Crippen molar-refractivity contribution in [3.63, 3.8) is 0 Å². The normalized spacial score (nSPS) is 10.8. The van der Waals surface area contributed by atoms with Gasteiger partial charge in [-0.05, 0) is 54.1 Å². The van der Waals surface area contributed by atoms with Gasteiger partial charge in [0.15, 0.2) is 5.13 Å². The molecule has 0 aliphatic heterocycles. The number of thiazole rings is 1. The van der Waals surface area contributed by atoms with Crippen LogP contribution in [0.3, 0.4) is 0 Å². The number of amides is 1. The maximum absolute atomic E-state index is 13.3. The molecule has 0 N–H and O–H groups in total. The summed E-state index contributed by atoms with van der Waals surface area (Å²) in [6, 6.07) is 14.8. The number of carbonyl (C=O) groups is 1. The zero-order valence-corrected chi connectivity index (χ0v) is 15.8. The maximum atomic E-state index is 13.3. The minimum atomic E-state index is -0.387. The highest BCUT2D eigenvalue weighted by Gasteiger charge is 2.22. The second-order valence-corrected chi connectivity index (χ2v) is 7.10. The molecule has 7 heteroatoms. The van der Waals surface area contributed by atoms with E-state index in [-0.39, 0.29) is 11.7 Å². The van der Waals surface area contributed by atoms with Gasteiger partial charge in [-0.25, -0.2) is 9.37 Å². The first-order valence-electron chi connectivity index (χ1n) is 8.55. The average molecular weight is 393 g/mol. The summed E-state index contributed by atoms with van der Waals surface area (Å²) in [6.45, 7) is 0.307. The quantitative estimate of drug-likeness (QED) is 0.494. The van der Waals surface area contributed by atoms with Crippen molar-refractivity contribution in [2.45, 2.75) is 6.54 Å². The predicted octanol–water partition coefficient (Wildman–Crippen LogP) is 4.69. The zero-order chi connectivity index (χ0) is 19.5. The molecule has 4 aromatic rings. The summed E-state index contributed by atoms with van der Waals surface area (Å²) in [4.78, 5) is 23.5. The molecule has 1 amide bonds. The van der Waals surface area contributed by atoms with Crippen LogP contribution in [0.15, 0.2) is 67.0 Å². The van der Waals surface area contributed by atoms with Gasteiger partial charge in [-0.3, -0.25) is 14.7 Å². The van der Waals surface area contributed by atoms with Crippen molar-refractivity contribution in [2.24, 2.45) is 0 Å². The van der Waals surface area contributed by atoms with Crippen molar-refractivity contribution in [3.05, 3.63) is 83.9 Å². The number of hydrogen-bond acceptors (Lipinski definition) is 5. The second-order valence-electron chi connectivity index (χ2n) is 6.09. The second kappa shape index (κ2) is 7.74. The fraction of sp³-hybridized carbons (Fsp3) is 0.0952. The van der Waals surface area contributed by atoms with Gasteiger partial charge in [0.25, 0.3) is 5.91 Å². The van der Waals surface area contributed by atoms with Crippen molar-refractivity contribution in [1.29, 1.82) is 0 Å². The van der Waals surface area contributed by atoms with E-state index < -0.39 is 0 Å². The first-order chi connectivity index (χ1) is 13.6. The molecule has 0 saturated carbocycles. The number of methoxy groups -OCH3 is 1. The molecule has 5 nitrogen and oxygen atoms in total. The highest BCUT2D eigenvalue weighted by molar-refractivity contribution is 7.22. The summed E-state index contributed by atoms with van der Waals surface area (Å²) < 4.78 is 19.5. The van der Waals surface area contributed by atoms with Gasteiger partial charge in [0.1, 0.15) is 11.6 Å². The number of nitrogens with zero attached hydrogens (tertiary/aromatic N) is 3. The van der Waals surface area contributed by atoms with E-state index in [1.165, 1.54) is 35.6 Å². The van der Waals surface area contributed by atoms with E-state index in [1.54, 1.807) is 24.4 Å². The third-order valence-corrected chi connectivity index (χ3v) is 5.26. The highest BCUT2D eigenvalue weighted by Crippen LogP contribution is 2.33. The Hall–Kier alpha value is -3.32. The summed E-state index contributed by atoms with van der Waals surface area (Å²) >= 11 is 1.40. The lowest BCUT2D eigenvalue weighted by Crippen LogP contribution is -2.30. The topological polar surface area (TPSA) is 55.3 Å². The van der Waals surface area contributed by atoms with Crippen molar-refractivity contribution >= 4 is 32.6 Å². The van der Waals surface area contributed by atoms with Crippen LogP contribution in [0.2, 0.25) is 0 Å². The number of rotatable bonds is 5. The van der Waals surface area contributed by atoms with Crippen molar-refractivity contribution in [2.75, 3.05) is 12.0 Å². The highest BCUT2D eigenvalue weighted by atomic mass is 32.1. The van der Waals surface area contributed by atoms with Gasteiger partial charge in [0.05, 0.1) is 23.9 Å². The minimum absolute atomic E-state index is 0.255. The average Bonchev–Trinajstić information content (AvgIpc) is 3.15. The lowest BCUT2D eigenvalue weighted by Gasteiger charge is -2.20. The van der Waals surface area contributed by atoms with Crippen molar-refractivity contribution in [3.8, 4) is 5.75 Å². The van der Waals surface area contributed by atoms with Crippen LogP contribution in [-0.2, 0) is 6.54 Å². The van der Waals surface area contributed by atoms with E-state index in [4.69, 9.17) is 4.74 Å². The summed E-state index contributed by atoms with van der Waals surface area (Å²) in [5, 5.41) is 0.557. The largest absolute Gasteiger partial charge is 0.497 e. The molecule has 140 valence electrons. The third kappa shape index (κ3) is 3.70. The fourth-order valence-corrected chi connectivity index (χ4v) is 3.78. The van der Waals surface area contributed by atoms with Crippen LogP contribution < -0.4 is 9.64 Å².